The van der Waals surface area contributed by atoms with Crippen LogP contribution in [0, 0.1) is 5.82 Å². The average Bonchev–Trinajstić information content (AvgIpc) is 2.74. The number of halogens is 1. The maximum absolute atomic E-state index is 13.1. The number of unbranched alkanes of at least 4 members (excludes halogenated alkanes) is 2. The van der Waals surface area contributed by atoms with E-state index in [9.17, 15) is 9.18 Å². The first-order valence-electron chi connectivity index (χ1n) is 7.86. The highest BCUT2D eigenvalue weighted by molar-refractivity contribution is 5.88. The molecule has 1 saturated heterocycles. The Hall–Kier alpha value is -1.42. The zero-order valence-electron chi connectivity index (χ0n) is 13.2. The molecule has 1 aliphatic rings. The number of rotatable bonds is 6. The first-order valence-corrected chi connectivity index (χ1v) is 7.86. The van der Waals surface area contributed by atoms with Gasteiger partial charge in [0.2, 0.25) is 5.91 Å². The molecular formula is C17H25FN2O. The lowest BCUT2D eigenvalue weighted by molar-refractivity contribution is -0.133. The van der Waals surface area contributed by atoms with Crippen molar-refractivity contribution < 1.29 is 9.18 Å². The highest BCUT2D eigenvalue weighted by atomic mass is 19.1. The van der Waals surface area contributed by atoms with Crippen molar-refractivity contribution >= 4 is 5.91 Å². The predicted octanol–water partition coefficient (Wildman–Crippen LogP) is 3.62. The summed E-state index contributed by atoms with van der Waals surface area (Å²) in [5.74, 6) is -0.103. The lowest BCUT2D eigenvalue weighted by atomic mass is 9.99. The van der Waals surface area contributed by atoms with Crippen molar-refractivity contribution in [2.24, 2.45) is 0 Å². The Morgan fingerprint density at radius 1 is 1.24 bits per heavy atom. The van der Waals surface area contributed by atoms with Crippen LogP contribution in [0.4, 0.5) is 4.39 Å². The summed E-state index contributed by atoms with van der Waals surface area (Å²) in [6.07, 6.45) is 3.83. The minimum Gasteiger partial charge on any atom is -0.321 e. The van der Waals surface area contributed by atoms with E-state index in [1.54, 1.807) is 12.1 Å². The molecule has 21 heavy (non-hydrogen) atoms. The molecule has 4 heteroatoms. The average molecular weight is 292 g/mol. The third-order valence-electron chi connectivity index (χ3n) is 4.40. The molecule has 1 amide bonds. The third-order valence-corrected chi connectivity index (χ3v) is 4.40. The Morgan fingerprint density at radius 2 is 1.90 bits per heavy atom. The largest absolute Gasteiger partial charge is 0.321 e. The number of hydrogen-bond acceptors (Lipinski definition) is 2. The van der Waals surface area contributed by atoms with Gasteiger partial charge in [0.05, 0.1) is 5.54 Å². The van der Waals surface area contributed by atoms with Crippen LogP contribution >= 0.6 is 0 Å². The van der Waals surface area contributed by atoms with Crippen molar-refractivity contribution in [3.63, 3.8) is 0 Å². The van der Waals surface area contributed by atoms with Crippen molar-refractivity contribution in [2.75, 3.05) is 6.54 Å². The van der Waals surface area contributed by atoms with E-state index >= 15 is 0 Å². The normalized spacial score (nSPS) is 25.6. The molecule has 2 unspecified atom stereocenters. The van der Waals surface area contributed by atoms with Gasteiger partial charge >= 0.3 is 0 Å². The summed E-state index contributed by atoms with van der Waals surface area (Å²) in [6.45, 7) is 6.86. The molecule has 1 aliphatic heterocycles. The van der Waals surface area contributed by atoms with Gasteiger partial charge in [-0.05, 0) is 37.5 Å². The summed E-state index contributed by atoms with van der Waals surface area (Å²) in [5, 5.41) is 3.43. The van der Waals surface area contributed by atoms with Gasteiger partial charge in [0.25, 0.3) is 0 Å². The Morgan fingerprint density at radius 3 is 2.48 bits per heavy atom. The van der Waals surface area contributed by atoms with Crippen LogP contribution in [0.2, 0.25) is 0 Å². The van der Waals surface area contributed by atoms with Gasteiger partial charge in [0, 0.05) is 6.54 Å². The van der Waals surface area contributed by atoms with Gasteiger partial charge in [0.15, 0.2) is 0 Å². The molecule has 1 aromatic carbocycles. The molecule has 116 valence electrons. The van der Waals surface area contributed by atoms with E-state index in [0.717, 1.165) is 37.8 Å². The number of carbonyl (C=O) groups is 1. The lowest BCUT2D eigenvalue weighted by Gasteiger charge is -2.24. The van der Waals surface area contributed by atoms with E-state index in [1.807, 2.05) is 18.7 Å². The Labute approximate surface area is 126 Å². The number of benzene rings is 1. The molecule has 1 fully saturated rings. The van der Waals surface area contributed by atoms with Crippen molar-refractivity contribution in [3.8, 4) is 0 Å². The molecule has 0 bridgehead atoms. The van der Waals surface area contributed by atoms with Crippen LogP contribution in [-0.2, 0) is 4.79 Å². The van der Waals surface area contributed by atoms with E-state index in [0.29, 0.717) is 0 Å². The number of nitrogens with zero attached hydrogens (tertiary/aromatic N) is 1. The van der Waals surface area contributed by atoms with Crippen LogP contribution in [0.15, 0.2) is 24.3 Å². The van der Waals surface area contributed by atoms with Crippen molar-refractivity contribution in [2.45, 2.75) is 58.2 Å². The standard InChI is InChI=1S/C17H25FN2O/c1-4-6-7-12-20-15(13-8-10-14(18)11-9-13)19-17(3,5-2)16(20)21/h8-11,15,19H,4-7,12H2,1-3H3. The molecule has 1 heterocycles. The Bertz CT molecular complexity index is 488. The quantitative estimate of drug-likeness (QED) is 0.812. The molecule has 0 aliphatic carbocycles. The molecule has 1 aromatic rings. The van der Waals surface area contributed by atoms with E-state index in [4.69, 9.17) is 0 Å². The predicted molar refractivity (Wildman–Crippen MR) is 82.2 cm³/mol. The number of hydrogen-bond donors (Lipinski definition) is 1. The second kappa shape index (κ2) is 6.56. The zero-order chi connectivity index (χ0) is 15.5. The van der Waals surface area contributed by atoms with Crippen LogP contribution in [0.3, 0.4) is 0 Å². The fraction of sp³-hybridized carbons (Fsp3) is 0.588. The van der Waals surface area contributed by atoms with Gasteiger partial charge in [-0.25, -0.2) is 4.39 Å². The van der Waals surface area contributed by atoms with E-state index in [1.165, 1.54) is 12.1 Å². The minimum atomic E-state index is -0.523. The first-order chi connectivity index (χ1) is 10.0. The molecule has 0 spiro atoms. The topological polar surface area (TPSA) is 32.3 Å². The van der Waals surface area contributed by atoms with E-state index < -0.39 is 5.54 Å². The summed E-state index contributed by atoms with van der Waals surface area (Å²) in [4.78, 5) is 14.6. The summed E-state index contributed by atoms with van der Waals surface area (Å²) in [6, 6.07) is 6.42. The number of amides is 1. The van der Waals surface area contributed by atoms with Crippen molar-refractivity contribution in [3.05, 3.63) is 35.6 Å². The molecule has 0 aromatic heterocycles. The van der Waals surface area contributed by atoms with Crippen LogP contribution < -0.4 is 5.32 Å². The van der Waals surface area contributed by atoms with Gasteiger partial charge in [-0.15, -0.1) is 0 Å². The molecule has 3 nitrogen and oxygen atoms in total. The highest BCUT2D eigenvalue weighted by Gasteiger charge is 2.46. The third kappa shape index (κ3) is 3.26. The molecular weight excluding hydrogens is 267 g/mol. The van der Waals surface area contributed by atoms with Crippen LogP contribution in [0.5, 0.6) is 0 Å². The molecule has 2 rings (SSSR count). The summed E-state index contributed by atoms with van der Waals surface area (Å²) >= 11 is 0. The maximum atomic E-state index is 13.1. The van der Waals surface area contributed by atoms with Gasteiger partial charge in [-0.2, -0.15) is 0 Å². The van der Waals surface area contributed by atoms with Gasteiger partial charge in [0.1, 0.15) is 12.0 Å². The van der Waals surface area contributed by atoms with Crippen LogP contribution in [0.25, 0.3) is 0 Å². The maximum Gasteiger partial charge on any atom is 0.244 e. The fourth-order valence-corrected chi connectivity index (χ4v) is 2.80. The summed E-state index contributed by atoms with van der Waals surface area (Å²) in [5.41, 5.74) is 0.420. The lowest BCUT2D eigenvalue weighted by Crippen LogP contribution is -2.43. The van der Waals surface area contributed by atoms with E-state index in [2.05, 4.69) is 12.2 Å². The Balaban J connectivity index is 2.23. The van der Waals surface area contributed by atoms with Crippen LogP contribution in [-0.4, -0.2) is 22.9 Å². The zero-order valence-corrected chi connectivity index (χ0v) is 13.2. The molecule has 0 saturated carbocycles. The SMILES string of the molecule is CCCCCN1C(=O)C(C)(CC)NC1c1ccc(F)cc1. The van der Waals surface area contributed by atoms with Crippen molar-refractivity contribution in [1.29, 1.82) is 0 Å². The fourth-order valence-electron chi connectivity index (χ4n) is 2.80. The smallest absolute Gasteiger partial charge is 0.244 e. The molecule has 0 radical (unpaired) electrons. The first kappa shape index (κ1) is 16.0. The number of nitrogens with one attached hydrogen (secondary N) is 1. The Kier molecular flexibility index (Phi) is 4.99. The van der Waals surface area contributed by atoms with Gasteiger partial charge in [-0.3, -0.25) is 10.1 Å². The van der Waals surface area contributed by atoms with Gasteiger partial charge in [-0.1, -0.05) is 38.8 Å². The highest BCUT2D eigenvalue weighted by Crippen LogP contribution is 2.32. The molecule has 2 atom stereocenters. The van der Waals surface area contributed by atoms with E-state index in [-0.39, 0.29) is 17.9 Å². The monoisotopic (exact) mass is 292 g/mol. The molecule has 1 N–H and O–H groups in total. The minimum absolute atomic E-state index is 0.149. The second-order valence-corrected chi connectivity index (χ2v) is 5.99. The van der Waals surface area contributed by atoms with Crippen molar-refractivity contribution in [1.82, 2.24) is 10.2 Å². The second-order valence-electron chi connectivity index (χ2n) is 5.99. The van der Waals surface area contributed by atoms with Gasteiger partial charge < -0.3 is 4.90 Å². The summed E-state index contributed by atoms with van der Waals surface area (Å²) < 4.78 is 13.1. The van der Waals surface area contributed by atoms with Crippen LogP contribution in [0.1, 0.15) is 58.2 Å². The summed E-state index contributed by atoms with van der Waals surface area (Å²) in [7, 11) is 0. The number of carbonyl (C=O) groups excluding carboxylic acids is 1.